The number of piperidine rings is 1. The molecule has 126 valence electrons. The second-order valence-electron chi connectivity index (χ2n) is 7.02. The Balaban J connectivity index is 1.47. The zero-order valence-corrected chi connectivity index (χ0v) is 14.0. The molecule has 1 atom stereocenters. The van der Waals surface area contributed by atoms with Gasteiger partial charge in [0, 0.05) is 56.3 Å². The van der Waals surface area contributed by atoms with Crippen molar-refractivity contribution in [2.75, 3.05) is 13.1 Å². The molecular formula is C19H24N4O. The average molecular weight is 324 g/mol. The Hall–Kier alpha value is -2.17. The molecule has 4 rings (SSSR count). The summed E-state index contributed by atoms with van der Waals surface area (Å²) in [4.78, 5) is 23.3. The minimum atomic E-state index is 0.292. The number of aromatic nitrogens is 3. The van der Waals surface area contributed by atoms with Gasteiger partial charge in [-0.2, -0.15) is 0 Å². The summed E-state index contributed by atoms with van der Waals surface area (Å²) in [5, 5.41) is 0. The fourth-order valence-corrected chi connectivity index (χ4v) is 3.80. The van der Waals surface area contributed by atoms with Crippen molar-refractivity contribution < 1.29 is 4.79 Å². The van der Waals surface area contributed by atoms with Gasteiger partial charge in [-0.25, -0.2) is 4.98 Å². The van der Waals surface area contributed by atoms with Crippen LogP contribution in [-0.4, -0.2) is 38.4 Å². The van der Waals surface area contributed by atoms with Crippen molar-refractivity contribution >= 4 is 5.91 Å². The van der Waals surface area contributed by atoms with Crippen molar-refractivity contribution in [1.29, 1.82) is 0 Å². The van der Waals surface area contributed by atoms with Gasteiger partial charge >= 0.3 is 0 Å². The van der Waals surface area contributed by atoms with Crippen molar-refractivity contribution in [3.63, 3.8) is 0 Å². The van der Waals surface area contributed by atoms with Gasteiger partial charge in [0.2, 0.25) is 5.91 Å². The van der Waals surface area contributed by atoms with Crippen LogP contribution < -0.4 is 0 Å². The minimum Gasteiger partial charge on any atom is -0.342 e. The van der Waals surface area contributed by atoms with Crippen LogP contribution in [0.2, 0.25) is 0 Å². The quantitative estimate of drug-likeness (QED) is 0.869. The maximum absolute atomic E-state index is 12.6. The van der Waals surface area contributed by atoms with E-state index in [1.165, 1.54) is 12.0 Å². The average Bonchev–Trinajstić information content (AvgIpc) is 3.02. The van der Waals surface area contributed by atoms with E-state index in [1.54, 1.807) is 0 Å². The van der Waals surface area contributed by atoms with Crippen LogP contribution in [0, 0.1) is 5.92 Å². The molecule has 1 saturated heterocycles. The van der Waals surface area contributed by atoms with Crippen molar-refractivity contribution in [1.82, 2.24) is 19.4 Å². The van der Waals surface area contributed by atoms with E-state index in [1.807, 2.05) is 36.9 Å². The summed E-state index contributed by atoms with van der Waals surface area (Å²) in [7, 11) is 0. The van der Waals surface area contributed by atoms with Gasteiger partial charge in [-0.1, -0.05) is 6.42 Å². The first kappa shape index (κ1) is 15.4. The topological polar surface area (TPSA) is 51.0 Å². The maximum Gasteiger partial charge on any atom is 0.225 e. The SMILES string of the molecule is O=C(C1CCC1)N1CCCC(c2nccn2Cc2ccncc2)C1. The second kappa shape index (κ2) is 6.75. The lowest BCUT2D eigenvalue weighted by Crippen LogP contribution is -2.44. The third-order valence-corrected chi connectivity index (χ3v) is 5.40. The zero-order chi connectivity index (χ0) is 16.4. The van der Waals surface area contributed by atoms with Crippen LogP contribution >= 0.6 is 0 Å². The Bertz CT molecular complexity index is 692. The maximum atomic E-state index is 12.6. The molecule has 24 heavy (non-hydrogen) atoms. The number of hydrogen-bond acceptors (Lipinski definition) is 3. The van der Waals surface area contributed by atoms with Gasteiger partial charge in [0.25, 0.3) is 0 Å². The first-order chi connectivity index (χ1) is 11.8. The highest BCUT2D eigenvalue weighted by molar-refractivity contribution is 5.79. The standard InChI is InChI=1S/C19H24N4O/c24-19(16-3-1-4-16)23-11-2-5-17(14-23)18-21-10-12-22(18)13-15-6-8-20-9-7-15/h6-10,12,16-17H,1-5,11,13-14H2. The van der Waals surface area contributed by atoms with Crippen molar-refractivity contribution in [3.05, 3.63) is 48.3 Å². The van der Waals surface area contributed by atoms with E-state index in [9.17, 15) is 4.79 Å². The molecule has 1 aliphatic carbocycles. The summed E-state index contributed by atoms with van der Waals surface area (Å²) in [6, 6.07) is 4.08. The Labute approximate surface area is 142 Å². The molecule has 5 heteroatoms. The van der Waals surface area contributed by atoms with Gasteiger partial charge in [-0.05, 0) is 43.4 Å². The van der Waals surface area contributed by atoms with E-state index < -0.39 is 0 Å². The predicted octanol–water partition coefficient (Wildman–Crippen LogP) is 2.83. The number of carbonyl (C=O) groups excluding carboxylic acids is 1. The van der Waals surface area contributed by atoms with Gasteiger partial charge in [0.05, 0.1) is 0 Å². The largest absolute Gasteiger partial charge is 0.342 e. The van der Waals surface area contributed by atoms with Crippen LogP contribution in [0.15, 0.2) is 36.9 Å². The molecule has 1 amide bonds. The van der Waals surface area contributed by atoms with Gasteiger partial charge in [-0.15, -0.1) is 0 Å². The molecule has 3 heterocycles. The number of likely N-dealkylation sites (tertiary alicyclic amines) is 1. The lowest BCUT2D eigenvalue weighted by molar-refractivity contribution is -0.139. The number of nitrogens with zero attached hydrogens (tertiary/aromatic N) is 4. The highest BCUT2D eigenvalue weighted by atomic mass is 16.2. The van der Waals surface area contributed by atoms with Crippen molar-refractivity contribution in [2.45, 2.75) is 44.6 Å². The molecule has 0 N–H and O–H groups in total. The van der Waals surface area contributed by atoms with Gasteiger partial charge in [0.1, 0.15) is 5.82 Å². The third kappa shape index (κ3) is 3.07. The number of pyridine rings is 1. The normalized spacial score (nSPS) is 21.5. The lowest BCUT2D eigenvalue weighted by atomic mass is 9.83. The number of rotatable bonds is 4. The van der Waals surface area contributed by atoms with Crippen LogP contribution in [0.25, 0.3) is 0 Å². The van der Waals surface area contributed by atoms with Crippen LogP contribution in [0.4, 0.5) is 0 Å². The molecule has 2 aromatic heterocycles. The molecular weight excluding hydrogens is 300 g/mol. The third-order valence-electron chi connectivity index (χ3n) is 5.40. The highest BCUT2D eigenvalue weighted by Crippen LogP contribution is 2.32. The van der Waals surface area contributed by atoms with E-state index >= 15 is 0 Å². The minimum absolute atomic E-state index is 0.292. The number of carbonyl (C=O) groups is 1. The first-order valence-corrected chi connectivity index (χ1v) is 9.00. The summed E-state index contributed by atoms with van der Waals surface area (Å²) in [5.74, 6) is 2.12. The van der Waals surface area contributed by atoms with Crippen LogP contribution in [0.3, 0.4) is 0 Å². The number of imidazole rings is 1. The van der Waals surface area contributed by atoms with E-state index in [0.717, 1.165) is 51.1 Å². The van der Waals surface area contributed by atoms with Crippen molar-refractivity contribution in [2.24, 2.45) is 5.92 Å². The molecule has 0 radical (unpaired) electrons. The summed E-state index contributed by atoms with van der Waals surface area (Å²) in [5.41, 5.74) is 1.22. The van der Waals surface area contributed by atoms with Gasteiger partial charge < -0.3 is 9.47 Å². The van der Waals surface area contributed by atoms with E-state index in [-0.39, 0.29) is 0 Å². The van der Waals surface area contributed by atoms with Crippen LogP contribution in [0.1, 0.15) is 49.4 Å². The number of hydrogen-bond donors (Lipinski definition) is 0. The monoisotopic (exact) mass is 324 g/mol. The molecule has 0 bridgehead atoms. The number of amides is 1. The molecule has 1 unspecified atom stereocenters. The Morgan fingerprint density at radius 2 is 1.96 bits per heavy atom. The molecule has 0 aromatic carbocycles. The Morgan fingerprint density at radius 3 is 2.71 bits per heavy atom. The fourth-order valence-electron chi connectivity index (χ4n) is 3.80. The smallest absolute Gasteiger partial charge is 0.225 e. The molecule has 0 spiro atoms. The van der Waals surface area contributed by atoms with E-state index in [2.05, 4.69) is 19.4 Å². The molecule has 2 fully saturated rings. The fraction of sp³-hybridized carbons (Fsp3) is 0.526. The Kier molecular flexibility index (Phi) is 4.32. The van der Waals surface area contributed by atoms with Crippen LogP contribution in [0.5, 0.6) is 0 Å². The summed E-state index contributed by atoms with van der Waals surface area (Å²) in [6.07, 6.45) is 13.1. The molecule has 2 aromatic rings. The summed E-state index contributed by atoms with van der Waals surface area (Å²) >= 11 is 0. The molecule has 2 aliphatic rings. The highest BCUT2D eigenvalue weighted by Gasteiger charge is 2.33. The molecule has 1 aliphatic heterocycles. The molecule has 5 nitrogen and oxygen atoms in total. The summed E-state index contributed by atoms with van der Waals surface area (Å²) < 4.78 is 2.22. The first-order valence-electron chi connectivity index (χ1n) is 9.00. The Morgan fingerprint density at radius 1 is 1.12 bits per heavy atom. The lowest BCUT2D eigenvalue weighted by Gasteiger charge is -2.37. The van der Waals surface area contributed by atoms with Crippen LogP contribution in [-0.2, 0) is 11.3 Å². The predicted molar refractivity (Wildman–Crippen MR) is 91.5 cm³/mol. The van der Waals surface area contributed by atoms with E-state index in [0.29, 0.717) is 17.7 Å². The van der Waals surface area contributed by atoms with Gasteiger partial charge in [0.15, 0.2) is 0 Å². The van der Waals surface area contributed by atoms with Crippen molar-refractivity contribution in [3.8, 4) is 0 Å². The van der Waals surface area contributed by atoms with E-state index in [4.69, 9.17) is 0 Å². The van der Waals surface area contributed by atoms with Gasteiger partial charge in [-0.3, -0.25) is 9.78 Å². The zero-order valence-electron chi connectivity index (χ0n) is 14.0. The second-order valence-corrected chi connectivity index (χ2v) is 7.02. The molecule has 1 saturated carbocycles. The summed E-state index contributed by atoms with van der Waals surface area (Å²) in [6.45, 7) is 2.55.